The quantitative estimate of drug-likeness (QED) is 0.131. The maximum atomic E-state index is 13.4. The van der Waals surface area contributed by atoms with Gasteiger partial charge in [-0.2, -0.15) is 0 Å². The number of ether oxygens (including phenoxy) is 5. The van der Waals surface area contributed by atoms with Gasteiger partial charge in [-0.3, -0.25) is 9.59 Å². The molecule has 13 nitrogen and oxygen atoms in total. The van der Waals surface area contributed by atoms with E-state index in [2.05, 4.69) is 6.92 Å². The number of cyclic esters (lactones) is 1. The fraction of sp³-hybridized carbons (Fsp3) is 0.848. The lowest BCUT2D eigenvalue weighted by Crippen LogP contribution is -2.68. The number of esters is 3. The lowest BCUT2D eigenvalue weighted by molar-refractivity contribution is -0.295. The molecule has 5 N–H and O–H groups in total. The van der Waals surface area contributed by atoms with Gasteiger partial charge in [0.2, 0.25) is 6.29 Å². The van der Waals surface area contributed by atoms with Crippen LogP contribution in [0.25, 0.3) is 0 Å². The van der Waals surface area contributed by atoms with Crippen LogP contribution in [-0.4, -0.2) is 111 Å². The van der Waals surface area contributed by atoms with E-state index in [0.717, 1.165) is 24.0 Å². The number of carbonyl (C=O) groups excluding carboxylic acids is 3. The summed E-state index contributed by atoms with van der Waals surface area (Å²) in [6, 6.07) is 0. The molecule has 7 rings (SSSR count). The first-order valence-electron chi connectivity index (χ1n) is 16.7. The second-order valence-corrected chi connectivity index (χ2v) is 15.3. The molecule has 46 heavy (non-hydrogen) atoms. The topological polar surface area (TPSA) is 202 Å². The molecule has 3 heterocycles. The van der Waals surface area contributed by atoms with Crippen LogP contribution < -0.4 is 0 Å². The average molecular weight is 651 g/mol. The van der Waals surface area contributed by atoms with Gasteiger partial charge in [0.25, 0.3) is 0 Å². The molecule has 0 aromatic heterocycles. The minimum Gasteiger partial charge on any atom is -0.458 e. The van der Waals surface area contributed by atoms with E-state index in [0.29, 0.717) is 25.9 Å². The van der Waals surface area contributed by atoms with Crippen molar-refractivity contribution in [3.05, 3.63) is 11.1 Å². The lowest BCUT2D eigenvalue weighted by atomic mass is 9.45. The van der Waals surface area contributed by atoms with Crippen LogP contribution in [0.4, 0.5) is 0 Å². The van der Waals surface area contributed by atoms with Gasteiger partial charge < -0.3 is 49.2 Å². The molecule has 0 aromatic rings. The molecule has 5 fully saturated rings. The van der Waals surface area contributed by atoms with E-state index in [1.54, 1.807) is 0 Å². The largest absolute Gasteiger partial charge is 0.458 e. The van der Waals surface area contributed by atoms with Crippen LogP contribution >= 0.6 is 0 Å². The molecular formula is C33H46O13. The van der Waals surface area contributed by atoms with Crippen LogP contribution in [0.5, 0.6) is 0 Å². The van der Waals surface area contributed by atoms with Crippen LogP contribution in [0.3, 0.4) is 0 Å². The molecule has 2 spiro atoms. The molecule has 3 saturated carbocycles. The highest BCUT2D eigenvalue weighted by Gasteiger charge is 2.93. The summed E-state index contributed by atoms with van der Waals surface area (Å²) in [5.74, 6) is -1.47. The smallest absolute Gasteiger partial charge is 0.334 e. The van der Waals surface area contributed by atoms with Crippen molar-refractivity contribution in [2.24, 2.45) is 28.6 Å². The number of aliphatic hydroxyl groups excluding tert-OH is 3. The summed E-state index contributed by atoms with van der Waals surface area (Å²) in [5.41, 5.74) is -2.73. The maximum Gasteiger partial charge on any atom is 0.334 e. The third-order valence-corrected chi connectivity index (χ3v) is 13.0. The molecule has 0 bridgehead atoms. The van der Waals surface area contributed by atoms with Crippen LogP contribution in [0, 0.1) is 28.6 Å². The Balaban J connectivity index is 1.04. The van der Waals surface area contributed by atoms with Crippen LogP contribution in [-0.2, 0) is 38.1 Å². The number of epoxide rings is 1. The average Bonchev–Trinajstić information content (AvgIpc) is 3.89. The SMILES string of the molecule is CC(C)[C@]1(O)C[C@@H]2C[C@]23C2(O[C@H]2C[C@H]2C4=C(CC[C@@]23C)C(=O)OC4)[C@@H]1OC(=O)CCCC(=O)O[C@@H]1OC(CO)CC(O)(CO)C1O. The first kappa shape index (κ1) is 32.4. The molecule has 3 aliphatic heterocycles. The zero-order valence-corrected chi connectivity index (χ0v) is 26.6. The minimum atomic E-state index is -2.01. The van der Waals surface area contributed by atoms with Crippen LogP contribution in [0.15, 0.2) is 11.1 Å². The molecule has 4 unspecified atom stereocenters. The molecular weight excluding hydrogens is 604 g/mol. The Morgan fingerprint density at radius 1 is 1.07 bits per heavy atom. The molecule has 0 amide bonds. The zero-order valence-electron chi connectivity index (χ0n) is 26.6. The Morgan fingerprint density at radius 3 is 2.46 bits per heavy atom. The third kappa shape index (κ3) is 4.28. The number of hydrogen-bond acceptors (Lipinski definition) is 13. The van der Waals surface area contributed by atoms with Crippen molar-refractivity contribution in [2.45, 2.75) is 126 Å². The Kier molecular flexibility index (Phi) is 7.53. The second kappa shape index (κ2) is 10.7. The summed E-state index contributed by atoms with van der Waals surface area (Å²) in [4.78, 5) is 38.4. The summed E-state index contributed by atoms with van der Waals surface area (Å²) < 4.78 is 28.9. The number of aliphatic hydroxyl groups is 5. The van der Waals surface area contributed by atoms with Crippen LogP contribution in [0.2, 0.25) is 0 Å². The number of rotatable bonds is 9. The van der Waals surface area contributed by atoms with E-state index in [4.69, 9.17) is 23.7 Å². The van der Waals surface area contributed by atoms with E-state index in [-0.39, 0.29) is 66.3 Å². The van der Waals surface area contributed by atoms with Crippen molar-refractivity contribution in [3.8, 4) is 0 Å². The van der Waals surface area contributed by atoms with E-state index in [1.807, 2.05) is 13.8 Å². The summed E-state index contributed by atoms with van der Waals surface area (Å²) in [5, 5.41) is 52.1. The lowest BCUT2D eigenvalue weighted by Gasteiger charge is -2.59. The molecule has 2 saturated heterocycles. The van der Waals surface area contributed by atoms with Crippen molar-refractivity contribution >= 4 is 17.9 Å². The zero-order chi connectivity index (χ0) is 33.0. The molecule has 7 aliphatic rings. The summed E-state index contributed by atoms with van der Waals surface area (Å²) >= 11 is 0. The Morgan fingerprint density at radius 2 is 1.78 bits per heavy atom. The van der Waals surface area contributed by atoms with E-state index < -0.39 is 66.6 Å². The molecule has 0 aromatic carbocycles. The van der Waals surface area contributed by atoms with E-state index in [9.17, 15) is 39.9 Å². The highest BCUT2D eigenvalue weighted by molar-refractivity contribution is 5.92. The second-order valence-electron chi connectivity index (χ2n) is 15.3. The van der Waals surface area contributed by atoms with Gasteiger partial charge in [-0.05, 0) is 67.3 Å². The molecule has 13 heteroatoms. The predicted molar refractivity (Wildman–Crippen MR) is 154 cm³/mol. The Bertz CT molecular complexity index is 1350. The predicted octanol–water partition coefficient (Wildman–Crippen LogP) is 0.411. The standard InChI is InChI=1S/C33H46O13/c1-16(2)31(41)10-17-11-32(17)29(3)8-7-19-20(14-42-26(19)39)21(29)9-22-33(32,46-22)28(31)45-24(37)6-4-5-23(36)44-27-25(38)30(40,15-35)12-18(13-34)43-27/h16-18,21-22,25,27-28,34-35,38,40-41H,4-15H2,1-3H3/t17-,18?,21+,22+,25?,27+,28-,29+,30?,31-,32+,33?/m1/s1. The minimum absolute atomic E-state index is 0.0524. The Hall–Kier alpha value is -2.13. The van der Waals surface area contributed by atoms with Gasteiger partial charge in [-0.25, -0.2) is 4.79 Å². The van der Waals surface area contributed by atoms with Crippen molar-refractivity contribution in [3.63, 3.8) is 0 Å². The summed E-state index contributed by atoms with van der Waals surface area (Å²) in [6.07, 6.45) is -2.50. The molecule has 12 atom stereocenters. The van der Waals surface area contributed by atoms with Gasteiger partial charge in [0.15, 0.2) is 6.10 Å². The number of fused-ring (bicyclic) bond motifs is 2. The maximum absolute atomic E-state index is 13.4. The van der Waals surface area contributed by atoms with Gasteiger partial charge >= 0.3 is 17.9 Å². The van der Waals surface area contributed by atoms with Gasteiger partial charge in [-0.1, -0.05) is 20.8 Å². The van der Waals surface area contributed by atoms with E-state index in [1.165, 1.54) is 0 Å². The normalized spacial score (nSPS) is 48.4. The van der Waals surface area contributed by atoms with Crippen molar-refractivity contribution in [1.29, 1.82) is 0 Å². The van der Waals surface area contributed by atoms with Crippen molar-refractivity contribution in [2.75, 3.05) is 19.8 Å². The summed E-state index contributed by atoms with van der Waals surface area (Å²) in [6.45, 7) is 5.12. The molecule has 256 valence electrons. The monoisotopic (exact) mass is 650 g/mol. The van der Waals surface area contributed by atoms with Crippen molar-refractivity contribution < 1.29 is 63.6 Å². The summed E-state index contributed by atoms with van der Waals surface area (Å²) in [7, 11) is 0. The van der Waals surface area contributed by atoms with Crippen LogP contribution in [0.1, 0.15) is 78.6 Å². The first-order chi connectivity index (χ1) is 21.7. The fourth-order valence-corrected chi connectivity index (χ4v) is 10.4. The van der Waals surface area contributed by atoms with E-state index >= 15 is 0 Å². The van der Waals surface area contributed by atoms with Gasteiger partial charge in [0, 0.05) is 30.3 Å². The molecule has 0 radical (unpaired) electrons. The van der Waals surface area contributed by atoms with Gasteiger partial charge in [0.05, 0.1) is 25.4 Å². The van der Waals surface area contributed by atoms with Gasteiger partial charge in [-0.15, -0.1) is 0 Å². The molecule has 4 aliphatic carbocycles. The Labute approximate surface area is 267 Å². The highest BCUT2D eigenvalue weighted by atomic mass is 16.7. The van der Waals surface area contributed by atoms with Crippen molar-refractivity contribution in [1.82, 2.24) is 0 Å². The van der Waals surface area contributed by atoms with Gasteiger partial charge in [0.1, 0.15) is 29.5 Å². The number of hydrogen-bond donors (Lipinski definition) is 5. The first-order valence-corrected chi connectivity index (χ1v) is 16.7. The highest BCUT2D eigenvalue weighted by Crippen LogP contribution is 2.87. The third-order valence-electron chi connectivity index (χ3n) is 13.0. The number of carbonyl (C=O) groups is 3. The fourth-order valence-electron chi connectivity index (χ4n) is 10.4.